The normalized spacial score (nSPS) is 14.7. The fourth-order valence-corrected chi connectivity index (χ4v) is 2.02. The third kappa shape index (κ3) is 3.04. The van der Waals surface area contributed by atoms with Crippen molar-refractivity contribution in [1.82, 2.24) is 5.32 Å². The standard InChI is InChI=1S/C11H17NO3S/c1-3-11(2,7-13)12-6-8-4-5-16-9(8)10(14)15/h4-5,12-13H,3,6-7H2,1-2H3,(H,14,15). The lowest BCUT2D eigenvalue weighted by atomic mass is 10.00. The molecule has 3 N–H and O–H groups in total. The summed E-state index contributed by atoms with van der Waals surface area (Å²) in [5.74, 6) is -0.894. The number of carboxylic acid groups (broad SMARTS) is 1. The number of hydrogen-bond donors (Lipinski definition) is 3. The molecule has 1 heterocycles. The maximum atomic E-state index is 10.9. The molecule has 90 valence electrons. The molecule has 0 bridgehead atoms. The molecule has 0 radical (unpaired) electrons. The van der Waals surface area contributed by atoms with Gasteiger partial charge in [-0.2, -0.15) is 0 Å². The van der Waals surface area contributed by atoms with Crippen LogP contribution in [0.25, 0.3) is 0 Å². The molecule has 1 aromatic rings. The molecular formula is C11H17NO3S. The number of carbonyl (C=O) groups is 1. The molecule has 1 aromatic heterocycles. The van der Waals surface area contributed by atoms with Gasteiger partial charge in [-0.05, 0) is 30.4 Å². The number of rotatable bonds is 6. The van der Waals surface area contributed by atoms with E-state index >= 15 is 0 Å². The summed E-state index contributed by atoms with van der Waals surface area (Å²) in [4.78, 5) is 11.2. The average molecular weight is 243 g/mol. The topological polar surface area (TPSA) is 69.6 Å². The van der Waals surface area contributed by atoms with E-state index in [1.807, 2.05) is 13.8 Å². The van der Waals surface area contributed by atoms with Crippen LogP contribution in [0.1, 0.15) is 35.5 Å². The van der Waals surface area contributed by atoms with Crippen LogP contribution >= 0.6 is 11.3 Å². The minimum atomic E-state index is -0.894. The molecule has 1 unspecified atom stereocenters. The second-order valence-corrected chi connectivity index (χ2v) is 4.92. The molecular weight excluding hydrogens is 226 g/mol. The van der Waals surface area contributed by atoms with E-state index in [1.54, 1.807) is 11.4 Å². The van der Waals surface area contributed by atoms with E-state index in [2.05, 4.69) is 5.32 Å². The lowest BCUT2D eigenvalue weighted by Gasteiger charge is -2.27. The summed E-state index contributed by atoms with van der Waals surface area (Å²) < 4.78 is 0. The van der Waals surface area contributed by atoms with Crippen LogP contribution in [0.15, 0.2) is 11.4 Å². The molecule has 1 rings (SSSR count). The van der Waals surface area contributed by atoms with E-state index in [1.165, 1.54) is 11.3 Å². The zero-order valence-corrected chi connectivity index (χ0v) is 10.3. The highest BCUT2D eigenvalue weighted by Crippen LogP contribution is 2.18. The quantitative estimate of drug-likeness (QED) is 0.711. The van der Waals surface area contributed by atoms with Crippen LogP contribution in [-0.4, -0.2) is 28.3 Å². The fourth-order valence-electron chi connectivity index (χ4n) is 1.26. The van der Waals surface area contributed by atoms with Gasteiger partial charge in [0, 0.05) is 12.1 Å². The van der Waals surface area contributed by atoms with Crippen molar-refractivity contribution in [3.05, 3.63) is 21.9 Å². The van der Waals surface area contributed by atoms with E-state index in [0.717, 1.165) is 12.0 Å². The summed E-state index contributed by atoms with van der Waals surface area (Å²) in [6.45, 7) is 4.40. The number of thiophene rings is 1. The molecule has 1 atom stereocenters. The van der Waals surface area contributed by atoms with Gasteiger partial charge >= 0.3 is 5.97 Å². The Morgan fingerprint density at radius 3 is 2.81 bits per heavy atom. The van der Waals surface area contributed by atoms with Gasteiger partial charge in [-0.15, -0.1) is 11.3 Å². The molecule has 0 aliphatic heterocycles. The largest absolute Gasteiger partial charge is 0.477 e. The minimum absolute atomic E-state index is 0.0377. The number of aromatic carboxylic acids is 1. The molecule has 0 amide bonds. The van der Waals surface area contributed by atoms with Gasteiger partial charge in [0.15, 0.2) is 0 Å². The van der Waals surface area contributed by atoms with Crippen molar-refractivity contribution in [3.63, 3.8) is 0 Å². The molecule has 0 aliphatic rings. The third-order valence-electron chi connectivity index (χ3n) is 2.78. The summed E-state index contributed by atoms with van der Waals surface area (Å²) in [6, 6.07) is 1.80. The molecule has 0 aliphatic carbocycles. The third-order valence-corrected chi connectivity index (χ3v) is 3.72. The molecule has 0 saturated heterocycles. The van der Waals surface area contributed by atoms with Gasteiger partial charge in [-0.3, -0.25) is 0 Å². The van der Waals surface area contributed by atoms with Crippen LogP contribution in [0.5, 0.6) is 0 Å². The van der Waals surface area contributed by atoms with Crippen molar-refractivity contribution in [1.29, 1.82) is 0 Å². The van der Waals surface area contributed by atoms with Crippen molar-refractivity contribution >= 4 is 17.3 Å². The van der Waals surface area contributed by atoms with Crippen LogP contribution in [0.4, 0.5) is 0 Å². The van der Waals surface area contributed by atoms with Crippen molar-refractivity contribution in [2.24, 2.45) is 0 Å². The highest BCUT2D eigenvalue weighted by atomic mass is 32.1. The summed E-state index contributed by atoms with van der Waals surface area (Å²) in [5.41, 5.74) is 0.420. The lowest BCUT2D eigenvalue weighted by molar-refractivity contribution is 0.0700. The second kappa shape index (κ2) is 5.43. The first-order valence-electron chi connectivity index (χ1n) is 5.18. The highest BCUT2D eigenvalue weighted by Gasteiger charge is 2.21. The molecule has 0 fully saturated rings. The second-order valence-electron chi connectivity index (χ2n) is 4.01. The molecule has 0 spiro atoms. The summed E-state index contributed by atoms with van der Waals surface area (Å²) in [5, 5.41) is 23.1. The van der Waals surface area contributed by atoms with Gasteiger partial charge < -0.3 is 15.5 Å². The van der Waals surface area contributed by atoms with Crippen LogP contribution < -0.4 is 5.32 Å². The first-order valence-corrected chi connectivity index (χ1v) is 6.06. The summed E-state index contributed by atoms with van der Waals surface area (Å²) >= 11 is 1.22. The van der Waals surface area contributed by atoms with Gasteiger partial charge in [0.2, 0.25) is 0 Å². The van der Waals surface area contributed by atoms with Crippen molar-refractivity contribution in [2.45, 2.75) is 32.4 Å². The van der Waals surface area contributed by atoms with Crippen LogP contribution in [-0.2, 0) is 6.54 Å². The van der Waals surface area contributed by atoms with Crippen molar-refractivity contribution < 1.29 is 15.0 Å². The van der Waals surface area contributed by atoms with E-state index in [9.17, 15) is 9.90 Å². The maximum absolute atomic E-state index is 10.9. The number of carboxylic acids is 1. The van der Waals surface area contributed by atoms with Gasteiger partial charge in [-0.25, -0.2) is 4.79 Å². The SMILES string of the molecule is CCC(C)(CO)NCc1ccsc1C(=O)O. The van der Waals surface area contributed by atoms with Crippen LogP contribution in [0, 0.1) is 0 Å². The predicted molar refractivity (Wildman–Crippen MR) is 63.9 cm³/mol. The summed E-state index contributed by atoms with van der Waals surface area (Å²) in [6.07, 6.45) is 0.788. The zero-order chi connectivity index (χ0) is 12.2. The molecule has 0 saturated carbocycles. The fraction of sp³-hybridized carbons (Fsp3) is 0.545. The Kier molecular flexibility index (Phi) is 4.46. The van der Waals surface area contributed by atoms with Gasteiger partial charge in [0.1, 0.15) is 4.88 Å². The lowest BCUT2D eigenvalue weighted by Crippen LogP contribution is -2.44. The number of nitrogens with one attached hydrogen (secondary N) is 1. The van der Waals surface area contributed by atoms with Crippen LogP contribution in [0.2, 0.25) is 0 Å². The Morgan fingerprint density at radius 1 is 1.62 bits per heavy atom. The van der Waals surface area contributed by atoms with Gasteiger partial charge in [-0.1, -0.05) is 6.92 Å². The van der Waals surface area contributed by atoms with Gasteiger partial charge in [0.25, 0.3) is 0 Å². The molecule has 4 nitrogen and oxygen atoms in total. The van der Waals surface area contributed by atoms with E-state index in [0.29, 0.717) is 11.4 Å². The van der Waals surface area contributed by atoms with Gasteiger partial charge in [0.05, 0.1) is 6.61 Å². The predicted octanol–water partition coefficient (Wildman–Crippen LogP) is 1.70. The minimum Gasteiger partial charge on any atom is -0.477 e. The number of aliphatic hydroxyl groups is 1. The average Bonchev–Trinajstić information content (AvgIpc) is 2.74. The maximum Gasteiger partial charge on any atom is 0.346 e. The molecule has 0 aromatic carbocycles. The molecule has 5 heteroatoms. The van der Waals surface area contributed by atoms with Crippen molar-refractivity contribution in [2.75, 3.05) is 6.61 Å². The van der Waals surface area contributed by atoms with Crippen molar-refractivity contribution in [3.8, 4) is 0 Å². The Bertz CT molecular complexity index is 358. The van der Waals surface area contributed by atoms with E-state index in [4.69, 9.17) is 5.11 Å². The first-order chi connectivity index (χ1) is 7.52. The Labute approximate surface area is 98.9 Å². The van der Waals surface area contributed by atoms with Crippen LogP contribution in [0.3, 0.4) is 0 Å². The number of hydrogen-bond acceptors (Lipinski definition) is 4. The Morgan fingerprint density at radius 2 is 2.31 bits per heavy atom. The molecule has 16 heavy (non-hydrogen) atoms. The zero-order valence-electron chi connectivity index (χ0n) is 9.49. The highest BCUT2D eigenvalue weighted by molar-refractivity contribution is 7.12. The Balaban J connectivity index is 2.67. The smallest absolute Gasteiger partial charge is 0.346 e. The summed E-state index contributed by atoms with van der Waals surface area (Å²) in [7, 11) is 0. The van der Waals surface area contributed by atoms with E-state index in [-0.39, 0.29) is 12.1 Å². The van der Waals surface area contributed by atoms with E-state index < -0.39 is 5.97 Å². The number of aliphatic hydroxyl groups excluding tert-OH is 1. The first kappa shape index (κ1) is 13.2. The Hall–Kier alpha value is -0.910. The monoisotopic (exact) mass is 243 g/mol.